The van der Waals surface area contributed by atoms with Crippen molar-refractivity contribution < 1.29 is 9.59 Å². The van der Waals surface area contributed by atoms with E-state index in [9.17, 15) is 9.59 Å². The lowest BCUT2D eigenvalue weighted by atomic mass is 10.1. The molecule has 7 heteroatoms. The average molecular weight is 316 g/mol. The molecule has 0 aromatic carbocycles. The minimum atomic E-state index is -0.482. The molecule has 1 aliphatic heterocycles. The largest absolute Gasteiger partial charge is 0.333 e. The SMILES string of the molecule is CCN1CCN(C(c2ccc(Cl)s2)C(C)N)C(=O)C1=O. The van der Waals surface area contributed by atoms with E-state index in [-0.39, 0.29) is 12.1 Å². The van der Waals surface area contributed by atoms with Crippen LogP contribution in [0.2, 0.25) is 4.34 Å². The highest BCUT2D eigenvalue weighted by Gasteiger charge is 2.38. The molecule has 0 aliphatic carbocycles. The number of carbonyl (C=O) groups is 2. The molecule has 0 saturated carbocycles. The first-order chi connectivity index (χ1) is 9.45. The van der Waals surface area contributed by atoms with Crippen molar-refractivity contribution in [2.45, 2.75) is 25.9 Å². The highest BCUT2D eigenvalue weighted by molar-refractivity contribution is 7.16. The van der Waals surface area contributed by atoms with Crippen LogP contribution in [0.25, 0.3) is 0 Å². The fourth-order valence-corrected chi connectivity index (χ4v) is 3.73. The summed E-state index contributed by atoms with van der Waals surface area (Å²) in [5.74, 6) is -0.933. The zero-order valence-electron chi connectivity index (χ0n) is 11.5. The topological polar surface area (TPSA) is 66.6 Å². The second-order valence-electron chi connectivity index (χ2n) is 4.83. The fraction of sp³-hybridized carbons (Fsp3) is 0.538. The number of carbonyl (C=O) groups excluding carboxylic acids is 2. The fourth-order valence-electron chi connectivity index (χ4n) is 2.44. The Morgan fingerprint density at radius 3 is 2.55 bits per heavy atom. The Labute approximate surface area is 127 Å². The van der Waals surface area contributed by atoms with Crippen molar-refractivity contribution in [1.29, 1.82) is 0 Å². The molecule has 2 amide bonds. The molecule has 1 aromatic rings. The minimum absolute atomic E-state index is 0.269. The van der Waals surface area contributed by atoms with Crippen LogP contribution < -0.4 is 5.73 Å². The first kappa shape index (κ1) is 15.3. The van der Waals surface area contributed by atoms with Gasteiger partial charge in [-0.1, -0.05) is 11.6 Å². The lowest BCUT2D eigenvalue weighted by Gasteiger charge is -2.39. The molecule has 1 saturated heterocycles. The van der Waals surface area contributed by atoms with Crippen molar-refractivity contribution in [1.82, 2.24) is 9.80 Å². The van der Waals surface area contributed by atoms with Crippen LogP contribution in [0.4, 0.5) is 0 Å². The summed E-state index contributed by atoms with van der Waals surface area (Å²) in [6, 6.07) is 3.08. The average Bonchev–Trinajstić information content (AvgIpc) is 2.81. The van der Waals surface area contributed by atoms with Crippen molar-refractivity contribution in [3.05, 3.63) is 21.3 Å². The first-order valence-electron chi connectivity index (χ1n) is 6.56. The van der Waals surface area contributed by atoms with E-state index in [2.05, 4.69) is 0 Å². The molecule has 2 heterocycles. The van der Waals surface area contributed by atoms with Gasteiger partial charge in [0.05, 0.1) is 10.4 Å². The van der Waals surface area contributed by atoms with Gasteiger partial charge in [0, 0.05) is 30.6 Å². The van der Waals surface area contributed by atoms with Gasteiger partial charge in [-0.05, 0) is 26.0 Å². The van der Waals surface area contributed by atoms with Crippen LogP contribution in [0, 0.1) is 0 Å². The highest BCUT2D eigenvalue weighted by atomic mass is 35.5. The summed E-state index contributed by atoms with van der Waals surface area (Å²) < 4.78 is 0.650. The van der Waals surface area contributed by atoms with Crippen LogP contribution >= 0.6 is 22.9 Å². The third-order valence-electron chi connectivity index (χ3n) is 3.44. The maximum atomic E-state index is 12.3. The molecule has 0 bridgehead atoms. The molecule has 0 spiro atoms. The molecule has 2 unspecified atom stereocenters. The molecule has 1 aliphatic rings. The summed E-state index contributed by atoms with van der Waals surface area (Å²) in [6.07, 6.45) is 0. The summed E-state index contributed by atoms with van der Waals surface area (Å²) in [5.41, 5.74) is 6.03. The van der Waals surface area contributed by atoms with Gasteiger partial charge in [0.25, 0.3) is 0 Å². The van der Waals surface area contributed by atoms with Crippen LogP contribution in [-0.2, 0) is 9.59 Å². The van der Waals surface area contributed by atoms with Crippen LogP contribution in [0.3, 0.4) is 0 Å². The minimum Gasteiger partial charge on any atom is -0.333 e. The van der Waals surface area contributed by atoms with Gasteiger partial charge in [0.1, 0.15) is 0 Å². The standard InChI is InChI=1S/C13H18ClN3O2S/c1-3-16-6-7-17(13(19)12(16)18)11(8(2)15)9-4-5-10(14)20-9/h4-5,8,11H,3,6-7,15H2,1-2H3. The van der Waals surface area contributed by atoms with Gasteiger partial charge >= 0.3 is 11.8 Å². The number of rotatable bonds is 4. The number of nitrogens with zero attached hydrogens (tertiary/aromatic N) is 2. The Kier molecular flexibility index (Phi) is 4.67. The maximum Gasteiger partial charge on any atom is 0.312 e. The number of likely N-dealkylation sites (N-methyl/N-ethyl adjacent to an activating group) is 1. The van der Waals surface area contributed by atoms with Gasteiger partial charge in [-0.25, -0.2) is 0 Å². The Hall–Kier alpha value is -1.11. The maximum absolute atomic E-state index is 12.3. The summed E-state index contributed by atoms with van der Waals surface area (Å²) in [7, 11) is 0. The molecule has 2 N–H and O–H groups in total. The number of halogens is 1. The van der Waals surface area contributed by atoms with Gasteiger partial charge in [-0.2, -0.15) is 0 Å². The van der Waals surface area contributed by atoms with E-state index >= 15 is 0 Å². The van der Waals surface area contributed by atoms with E-state index in [1.165, 1.54) is 11.3 Å². The van der Waals surface area contributed by atoms with Gasteiger partial charge in [0.15, 0.2) is 0 Å². The van der Waals surface area contributed by atoms with Crippen LogP contribution in [-0.4, -0.2) is 47.3 Å². The number of thiophene rings is 1. The second-order valence-corrected chi connectivity index (χ2v) is 6.58. The molecule has 1 fully saturated rings. The predicted octanol–water partition coefficient (Wildman–Crippen LogP) is 1.48. The number of piperazine rings is 1. The molecule has 2 rings (SSSR count). The van der Waals surface area contributed by atoms with E-state index in [0.29, 0.717) is 24.0 Å². The van der Waals surface area contributed by atoms with Crippen molar-refractivity contribution in [3.63, 3.8) is 0 Å². The normalized spacial score (nSPS) is 19.4. The lowest BCUT2D eigenvalue weighted by molar-refractivity contribution is -0.158. The van der Waals surface area contributed by atoms with E-state index in [1.54, 1.807) is 15.9 Å². The molecule has 0 radical (unpaired) electrons. The Balaban J connectivity index is 2.27. The van der Waals surface area contributed by atoms with E-state index < -0.39 is 11.8 Å². The predicted molar refractivity (Wildman–Crippen MR) is 79.7 cm³/mol. The van der Waals surface area contributed by atoms with Crippen LogP contribution in [0.15, 0.2) is 12.1 Å². The third-order valence-corrected chi connectivity index (χ3v) is 4.74. The molecule has 5 nitrogen and oxygen atoms in total. The summed E-state index contributed by atoms with van der Waals surface area (Å²) >= 11 is 7.35. The number of hydrogen-bond acceptors (Lipinski definition) is 4. The van der Waals surface area contributed by atoms with E-state index in [0.717, 1.165) is 4.88 Å². The summed E-state index contributed by atoms with van der Waals surface area (Å²) in [6.45, 7) is 5.29. The monoisotopic (exact) mass is 315 g/mol. The molecular formula is C13H18ClN3O2S. The highest BCUT2D eigenvalue weighted by Crippen LogP contribution is 2.33. The molecule has 1 aromatic heterocycles. The second kappa shape index (κ2) is 6.11. The Morgan fingerprint density at radius 2 is 2.05 bits per heavy atom. The number of nitrogens with two attached hydrogens (primary N) is 1. The third kappa shape index (κ3) is 2.82. The van der Waals surface area contributed by atoms with Crippen molar-refractivity contribution >= 4 is 34.8 Å². The van der Waals surface area contributed by atoms with Gasteiger partial charge < -0.3 is 15.5 Å². The molecular weight excluding hydrogens is 298 g/mol. The lowest BCUT2D eigenvalue weighted by Crippen LogP contribution is -2.57. The van der Waals surface area contributed by atoms with Crippen LogP contribution in [0.1, 0.15) is 24.8 Å². The zero-order valence-corrected chi connectivity index (χ0v) is 13.1. The van der Waals surface area contributed by atoms with E-state index in [1.807, 2.05) is 19.9 Å². The zero-order chi connectivity index (χ0) is 14.9. The molecule has 110 valence electrons. The van der Waals surface area contributed by atoms with Crippen molar-refractivity contribution in [3.8, 4) is 0 Å². The summed E-state index contributed by atoms with van der Waals surface area (Å²) in [5, 5.41) is 0. The number of amides is 2. The first-order valence-corrected chi connectivity index (χ1v) is 7.75. The Bertz CT molecular complexity index is 517. The van der Waals surface area contributed by atoms with E-state index in [4.69, 9.17) is 17.3 Å². The van der Waals surface area contributed by atoms with Crippen molar-refractivity contribution in [2.75, 3.05) is 19.6 Å². The van der Waals surface area contributed by atoms with Gasteiger partial charge in [-0.3, -0.25) is 9.59 Å². The van der Waals surface area contributed by atoms with Gasteiger partial charge in [0.2, 0.25) is 0 Å². The Morgan fingerprint density at radius 1 is 1.35 bits per heavy atom. The quantitative estimate of drug-likeness (QED) is 0.856. The molecule has 2 atom stereocenters. The van der Waals surface area contributed by atoms with Gasteiger partial charge in [-0.15, -0.1) is 11.3 Å². The molecule has 20 heavy (non-hydrogen) atoms. The smallest absolute Gasteiger partial charge is 0.312 e. The van der Waals surface area contributed by atoms with Crippen molar-refractivity contribution in [2.24, 2.45) is 5.73 Å². The number of hydrogen-bond donors (Lipinski definition) is 1. The van der Waals surface area contributed by atoms with Crippen LogP contribution in [0.5, 0.6) is 0 Å². The summed E-state index contributed by atoms with van der Waals surface area (Å²) in [4.78, 5) is 28.3.